The summed E-state index contributed by atoms with van der Waals surface area (Å²) < 4.78 is 6.32. The molecule has 4 aliphatic rings. The molecule has 5 aromatic carbocycles. The molecule has 5 heteroatoms. The average Bonchev–Trinajstić information content (AvgIpc) is 3.53. The first-order chi connectivity index (χ1) is 24.1. The number of nitriles is 1. The lowest BCUT2D eigenvalue weighted by Crippen LogP contribution is -2.48. The molecule has 0 spiro atoms. The van der Waals surface area contributed by atoms with Gasteiger partial charge in [-0.05, 0) is 91.0 Å². The predicted molar refractivity (Wildman–Crippen MR) is 193 cm³/mol. The van der Waals surface area contributed by atoms with E-state index in [9.17, 15) is 5.26 Å². The van der Waals surface area contributed by atoms with E-state index in [1.165, 1.54) is 44.1 Å². The van der Waals surface area contributed by atoms with Crippen LogP contribution < -0.4 is 0 Å². The Morgan fingerprint density at radius 2 is 1.14 bits per heavy atom. The van der Waals surface area contributed by atoms with Gasteiger partial charge in [0.1, 0.15) is 11.2 Å². The fourth-order valence-corrected chi connectivity index (χ4v) is 9.68. The third-order valence-electron chi connectivity index (χ3n) is 11.5. The predicted octanol–water partition coefficient (Wildman–Crippen LogP) is 10.8. The van der Waals surface area contributed by atoms with E-state index in [0.29, 0.717) is 28.5 Å². The van der Waals surface area contributed by atoms with Crippen LogP contribution in [0.25, 0.3) is 67.2 Å². The molecule has 11 rings (SSSR count). The van der Waals surface area contributed by atoms with Gasteiger partial charge in [-0.15, -0.1) is 0 Å². The lowest BCUT2D eigenvalue weighted by molar-refractivity contribution is -0.00518. The number of hydrogen-bond donors (Lipinski definition) is 0. The van der Waals surface area contributed by atoms with Crippen LogP contribution in [0.15, 0.2) is 120 Å². The maximum Gasteiger partial charge on any atom is 0.164 e. The van der Waals surface area contributed by atoms with E-state index in [-0.39, 0.29) is 0 Å². The Kier molecular flexibility index (Phi) is 6.36. The van der Waals surface area contributed by atoms with Crippen molar-refractivity contribution in [1.29, 1.82) is 5.26 Å². The van der Waals surface area contributed by atoms with Gasteiger partial charge >= 0.3 is 0 Å². The SMILES string of the molecule is N#Cc1ccc2oc3c(-c4ccc(-c5nc(-c6ccccc6)nc(-c6ccc(C78CC9C[C@H](C7)C[C@@H](C9)C8)cc6)n5)cc4)cccc3c2c1. The van der Waals surface area contributed by atoms with Gasteiger partial charge in [0.15, 0.2) is 17.5 Å². The van der Waals surface area contributed by atoms with Crippen LogP contribution in [-0.2, 0) is 5.41 Å². The number of furan rings is 1. The van der Waals surface area contributed by atoms with Gasteiger partial charge in [-0.25, -0.2) is 15.0 Å². The zero-order chi connectivity index (χ0) is 32.5. The van der Waals surface area contributed by atoms with Gasteiger partial charge in [0.05, 0.1) is 11.6 Å². The van der Waals surface area contributed by atoms with Crippen LogP contribution in [-0.4, -0.2) is 15.0 Å². The summed E-state index contributed by atoms with van der Waals surface area (Å²) in [6.45, 7) is 0. The Hall–Kier alpha value is -5.60. The van der Waals surface area contributed by atoms with Crippen molar-refractivity contribution in [3.63, 3.8) is 0 Å². The molecule has 0 radical (unpaired) electrons. The van der Waals surface area contributed by atoms with Gasteiger partial charge in [-0.1, -0.05) is 97.1 Å². The molecule has 2 heterocycles. The Morgan fingerprint density at radius 1 is 0.571 bits per heavy atom. The van der Waals surface area contributed by atoms with E-state index in [4.69, 9.17) is 19.4 Å². The lowest BCUT2D eigenvalue weighted by atomic mass is 9.48. The van der Waals surface area contributed by atoms with Gasteiger partial charge in [-0.3, -0.25) is 0 Å². The average molecular weight is 635 g/mol. The van der Waals surface area contributed by atoms with Crippen LogP contribution in [0.4, 0.5) is 0 Å². The molecule has 4 bridgehead atoms. The molecule has 0 unspecified atom stereocenters. The third-order valence-corrected chi connectivity index (χ3v) is 11.5. The number of aromatic nitrogens is 3. The molecule has 0 aliphatic heterocycles. The topological polar surface area (TPSA) is 75.6 Å². The Labute approximate surface area is 285 Å². The molecule has 4 aliphatic carbocycles. The number of nitrogens with zero attached hydrogens (tertiary/aromatic N) is 4. The van der Waals surface area contributed by atoms with E-state index in [1.54, 1.807) is 6.07 Å². The van der Waals surface area contributed by atoms with Crippen LogP contribution in [0.2, 0.25) is 0 Å². The van der Waals surface area contributed by atoms with E-state index in [0.717, 1.165) is 67.5 Å². The first-order valence-corrected chi connectivity index (χ1v) is 17.5. The summed E-state index contributed by atoms with van der Waals surface area (Å²) >= 11 is 0. The summed E-state index contributed by atoms with van der Waals surface area (Å²) in [5.41, 5.74) is 9.01. The first-order valence-electron chi connectivity index (χ1n) is 17.5. The highest BCUT2D eigenvalue weighted by Crippen LogP contribution is 2.60. The minimum Gasteiger partial charge on any atom is -0.455 e. The van der Waals surface area contributed by atoms with Gasteiger partial charge in [-0.2, -0.15) is 5.26 Å². The van der Waals surface area contributed by atoms with Crippen molar-refractivity contribution in [2.75, 3.05) is 0 Å². The zero-order valence-electron chi connectivity index (χ0n) is 27.1. The maximum atomic E-state index is 9.43. The second kappa shape index (κ2) is 11.0. The number of benzene rings is 5. The van der Waals surface area contributed by atoms with Crippen molar-refractivity contribution in [2.24, 2.45) is 17.8 Å². The minimum absolute atomic E-state index is 0.362. The highest BCUT2D eigenvalue weighted by molar-refractivity contribution is 6.09. The molecule has 5 nitrogen and oxygen atoms in total. The Bertz CT molecular complexity index is 2380. The number of rotatable bonds is 5. The molecule has 49 heavy (non-hydrogen) atoms. The first kappa shape index (κ1) is 28.4. The lowest BCUT2D eigenvalue weighted by Gasteiger charge is -2.57. The Morgan fingerprint density at radius 3 is 1.76 bits per heavy atom. The second-order valence-electron chi connectivity index (χ2n) is 14.6. The molecule has 2 aromatic heterocycles. The van der Waals surface area contributed by atoms with Crippen molar-refractivity contribution in [3.8, 4) is 51.4 Å². The standard InChI is InChI=1S/C44H34N4O/c45-26-27-9-18-39-38(22-27)37-8-4-7-36(40(37)49-39)31-10-12-33(13-11-31)42-46-41(32-5-2-1-3-6-32)47-43(48-42)34-14-16-35(17-15-34)44-23-28-19-29(24-44)21-30(20-28)25-44/h1-18,22,28-30H,19-21,23-25H2/t28-,29+,30?,44?. The number of fused-ring (bicyclic) bond motifs is 3. The van der Waals surface area contributed by atoms with Gasteiger partial charge in [0.25, 0.3) is 0 Å². The summed E-state index contributed by atoms with van der Waals surface area (Å²) in [4.78, 5) is 15.0. The molecule has 0 amide bonds. The molecule has 0 atom stereocenters. The summed E-state index contributed by atoms with van der Waals surface area (Å²) in [5, 5.41) is 11.4. The van der Waals surface area contributed by atoms with E-state index >= 15 is 0 Å². The van der Waals surface area contributed by atoms with Crippen LogP contribution in [0.3, 0.4) is 0 Å². The molecule has 7 aromatic rings. The van der Waals surface area contributed by atoms with E-state index in [2.05, 4.69) is 72.8 Å². The van der Waals surface area contributed by atoms with Gasteiger partial charge < -0.3 is 4.42 Å². The van der Waals surface area contributed by atoms with Crippen LogP contribution in [0.1, 0.15) is 49.7 Å². The largest absolute Gasteiger partial charge is 0.455 e. The quantitative estimate of drug-likeness (QED) is 0.188. The van der Waals surface area contributed by atoms with Crippen molar-refractivity contribution >= 4 is 21.9 Å². The van der Waals surface area contributed by atoms with E-state index < -0.39 is 0 Å². The smallest absolute Gasteiger partial charge is 0.164 e. The molecule has 4 fully saturated rings. The van der Waals surface area contributed by atoms with Crippen molar-refractivity contribution < 1.29 is 4.42 Å². The second-order valence-corrected chi connectivity index (χ2v) is 14.6. The highest BCUT2D eigenvalue weighted by Gasteiger charge is 2.51. The fraction of sp³-hybridized carbons (Fsp3) is 0.227. The normalized spacial score (nSPS) is 22.5. The van der Waals surface area contributed by atoms with Crippen molar-refractivity contribution in [1.82, 2.24) is 15.0 Å². The van der Waals surface area contributed by atoms with E-state index in [1.807, 2.05) is 42.5 Å². The highest BCUT2D eigenvalue weighted by atomic mass is 16.3. The van der Waals surface area contributed by atoms with Crippen molar-refractivity contribution in [3.05, 3.63) is 126 Å². The zero-order valence-corrected chi connectivity index (χ0v) is 27.1. The van der Waals surface area contributed by atoms with Gasteiger partial charge in [0, 0.05) is 33.0 Å². The summed E-state index contributed by atoms with van der Waals surface area (Å²) in [7, 11) is 0. The van der Waals surface area contributed by atoms with Crippen LogP contribution in [0.5, 0.6) is 0 Å². The third kappa shape index (κ3) is 4.77. The molecular weight excluding hydrogens is 601 g/mol. The fourth-order valence-electron chi connectivity index (χ4n) is 9.68. The summed E-state index contributed by atoms with van der Waals surface area (Å²) in [6.07, 6.45) is 8.43. The maximum absolute atomic E-state index is 9.43. The number of para-hydroxylation sites is 1. The van der Waals surface area contributed by atoms with Crippen molar-refractivity contribution in [2.45, 2.75) is 43.9 Å². The molecule has 0 saturated heterocycles. The van der Waals surface area contributed by atoms with Gasteiger partial charge in [0.2, 0.25) is 0 Å². The Balaban J connectivity index is 1.02. The monoisotopic (exact) mass is 634 g/mol. The molecule has 4 saturated carbocycles. The molecular formula is C44H34N4O. The van der Waals surface area contributed by atoms with Crippen LogP contribution >= 0.6 is 0 Å². The minimum atomic E-state index is 0.362. The summed E-state index contributed by atoms with van der Waals surface area (Å²) in [5.74, 6) is 4.75. The summed E-state index contributed by atoms with van der Waals surface area (Å²) in [6, 6.07) is 41.7. The molecule has 0 N–H and O–H groups in total. The number of hydrogen-bond acceptors (Lipinski definition) is 5. The van der Waals surface area contributed by atoms with Crippen LogP contribution in [0, 0.1) is 29.1 Å². The molecule has 236 valence electrons.